The zero-order chi connectivity index (χ0) is 15.8. The number of fused-ring (bicyclic) bond motifs is 1. The molecule has 3 aromatic rings. The number of aromatic nitrogens is 4. The van der Waals surface area contributed by atoms with E-state index in [0.717, 1.165) is 28.9 Å². The lowest BCUT2D eigenvalue weighted by Gasteiger charge is -1.99. The van der Waals surface area contributed by atoms with Crippen LogP contribution in [-0.2, 0) is 13.1 Å². The Morgan fingerprint density at radius 2 is 2.43 bits per heavy atom. The summed E-state index contributed by atoms with van der Waals surface area (Å²) in [6, 6.07) is 5.39. The Bertz CT molecular complexity index is 841. The summed E-state index contributed by atoms with van der Waals surface area (Å²) in [5.41, 5.74) is 1.87. The van der Waals surface area contributed by atoms with Crippen LogP contribution in [0.2, 0.25) is 0 Å². The van der Waals surface area contributed by atoms with Crippen LogP contribution in [0.5, 0.6) is 0 Å². The van der Waals surface area contributed by atoms with Gasteiger partial charge < -0.3 is 14.3 Å². The molecule has 1 amide bonds. The van der Waals surface area contributed by atoms with Crippen molar-refractivity contribution in [2.45, 2.75) is 25.2 Å². The number of hydrogen-bond donors (Lipinski definition) is 2. The van der Waals surface area contributed by atoms with Crippen LogP contribution in [0.15, 0.2) is 34.0 Å². The molecule has 8 heteroatoms. The monoisotopic (exact) mass is 329 g/mol. The summed E-state index contributed by atoms with van der Waals surface area (Å²) >= 11 is 1.73. The molecular weight excluding hydrogens is 314 g/mol. The van der Waals surface area contributed by atoms with E-state index in [1.54, 1.807) is 17.8 Å². The molecule has 23 heavy (non-hydrogen) atoms. The third-order valence-electron chi connectivity index (χ3n) is 3.60. The van der Waals surface area contributed by atoms with Crippen molar-refractivity contribution in [3.05, 3.63) is 41.5 Å². The van der Waals surface area contributed by atoms with Crippen molar-refractivity contribution in [3.8, 4) is 11.5 Å². The van der Waals surface area contributed by atoms with Gasteiger partial charge in [0, 0.05) is 24.6 Å². The highest BCUT2D eigenvalue weighted by Gasteiger charge is 2.16. The van der Waals surface area contributed by atoms with Gasteiger partial charge in [0.25, 0.3) is 5.91 Å². The van der Waals surface area contributed by atoms with E-state index < -0.39 is 0 Å². The minimum absolute atomic E-state index is 0.239. The van der Waals surface area contributed by atoms with Crippen LogP contribution in [0.3, 0.4) is 0 Å². The highest BCUT2D eigenvalue weighted by Crippen LogP contribution is 2.24. The van der Waals surface area contributed by atoms with E-state index in [1.807, 2.05) is 25.3 Å². The number of amides is 1. The van der Waals surface area contributed by atoms with Gasteiger partial charge in [-0.1, -0.05) is 11.8 Å². The second-order valence-corrected chi connectivity index (χ2v) is 6.38. The summed E-state index contributed by atoms with van der Waals surface area (Å²) in [5.74, 6) is 2.30. The van der Waals surface area contributed by atoms with Gasteiger partial charge in [-0.25, -0.2) is 4.98 Å². The summed E-state index contributed by atoms with van der Waals surface area (Å²) in [6.07, 6.45) is 1.98. The smallest absolute Gasteiger partial charge is 0.272 e. The fraction of sp³-hybridized carbons (Fsp3) is 0.267. The van der Waals surface area contributed by atoms with Crippen molar-refractivity contribution in [3.63, 3.8) is 0 Å². The molecule has 4 rings (SSSR count). The van der Waals surface area contributed by atoms with Crippen molar-refractivity contribution in [1.29, 1.82) is 0 Å². The average molecular weight is 329 g/mol. The number of nitrogens with zero attached hydrogens (tertiary/aromatic N) is 3. The molecule has 7 nitrogen and oxygen atoms in total. The lowest BCUT2D eigenvalue weighted by atomic mass is 10.3. The topological polar surface area (TPSA) is 88.7 Å². The predicted octanol–water partition coefficient (Wildman–Crippen LogP) is 2.21. The summed E-state index contributed by atoms with van der Waals surface area (Å²) in [7, 11) is 0. The summed E-state index contributed by atoms with van der Waals surface area (Å²) in [6.45, 7) is 3.24. The van der Waals surface area contributed by atoms with Gasteiger partial charge in [0.1, 0.15) is 11.5 Å². The van der Waals surface area contributed by atoms with E-state index in [2.05, 4.69) is 25.1 Å². The molecule has 118 valence electrons. The number of carbonyl (C=O) groups excluding carboxylic acids is 1. The molecule has 2 N–H and O–H groups in total. The molecule has 0 spiro atoms. The summed E-state index contributed by atoms with van der Waals surface area (Å²) < 4.78 is 7.62. The Balaban J connectivity index is 1.41. The first-order valence-corrected chi connectivity index (χ1v) is 8.27. The molecule has 4 heterocycles. The van der Waals surface area contributed by atoms with E-state index >= 15 is 0 Å². The maximum Gasteiger partial charge on any atom is 0.272 e. The predicted molar refractivity (Wildman–Crippen MR) is 85.1 cm³/mol. The molecule has 0 saturated heterocycles. The van der Waals surface area contributed by atoms with E-state index in [0.29, 0.717) is 23.7 Å². The zero-order valence-corrected chi connectivity index (χ0v) is 13.3. The first kappa shape index (κ1) is 14.1. The maximum atomic E-state index is 12.2. The van der Waals surface area contributed by atoms with Crippen LogP contribution in [0, 0.1) is 6.92 Å². The number of thioether (sulfide) groups is 1. The third kappa shape index (κ3) is 2.77. The summed E-state index contributed by atoms with van der Waals surface area (Å²) in [5, 5.41) is 10.7. The number of hydrogen-bond acceptors (Lipinski definition) is 5. The zero-order valence-electron chi connectivity index (χ0n) is 12.5. The van der Waals surface area contributed by atoms with Crippen molar-refractivity contribution in [2.75, 3.05) is 5.75 Å². The quantitative estimate of drug-likeness (QED) is 0.766. The molecular formula is C15H15N5O2S. The van der Waals surface area contributed by atoms with Crippen LogP contribution in [0.25, 0.3) is 11.5 Å². The first-order valence-electron chi connectivity index (χ1n) is 7.28. The van der Waals surface area contributed by atoms with Crippen LogP contribution in [0.1, 0.15) is 21.9 Å². The second-order valence-electron chi connectivity index (χ2n) is 5.32. The SMILES string of the molecule is Cc1ccc(-c2cc(C(=O)NCc3cn4c(n3)SCC4)n[nH]2)o1. The Morgan fingerprint density at radius 3 is 3.22 bits per heavy atom. The molecule has 0 aliphatic carbocycles. The van der Waals surface area contributed by atoms with Crippen LogP contribution in [0.4, 0.5) is 0 Å². The van der Waals surface area contributed by atoms with Gasteiger partial charge in [-0.2, -0.15) is 5.10 Å². The number of rotatable bonds is 4. The van der Waals surface area contributed by atoms with E-state index in [9.17, 15) is 4.79 Å². The largest absolute Gasteiger partial charge is 0.460 e. The van der Waals surface area contributed by atoms with Gasteiger partial charge in [-0.3, -0.25) is 9.89 Å². The minimum Gasteiger partial charge on any atom is -0.460 e. The lowest BCUT2D eigenvalue weighted by Crippen LogP contribution is -2.23. The normalized spacial score (nSPS) is 13.3. The Labute approximate surface area is 136 Å². The molecule has 0 unspecified atom stereocenters. The Hall–Kier alpha value is -2.48. The number of furan rings is 1. The van der Waals surface area contributed by atoms with Crippen molar-refractivity contribution in [1.82, 2.24) is 25.1 Å². The highest BCUT2D eigenvalue weighted by atomic mass is 32.2. The van der Waals surface area contributed by atoms with Gasteiger partial charge in [-0.15, -0.1) is 0 Å². The Kier molecular flexibility index (Phi) is 3.45. The van der Waals surface area contributed by atoms with Crippen LogP contribution < -0.4 is 5.32 Å². The number of imidazole rings is 1. The van der Waals surface area contributed by atoms with Gasteiger partial charge in [0.05, 0.1) is 12.2 Å². The Morgan fingerprint density at radius 1 is 1.52 bits per heavy atom. The average Bonchev–Trinajstić information content (AvgIpc) is 3.27. The van der Waals surface area contributed by atoms with Crippen molar-refractivity contribution >= 4 is 17.7 Å². The number of aromatic amines is 1. The molecule has 1 aliphatic rings. The van der Waals surface area contributed by atoms with Crippen molar-refractivity contribution < 1.29 is 9.21 Å². The molecule has 0 aromatic carbocycles. The molecule has 0 saturated carbocycles. The maximum absolute atomic E-state index is 12.2. The second kappa shape index (κ2) is 5.62. The molecule has 3 aromatic heterocycles. The van der Waals surface area contributed by atoms with Crippen LogP contribution >= 0.6 is 11.8 Å². The molecule has 0 radical (unpaired) electrons. The standard InChI is InChI=1S/C15H15N5O2S/c1-9-2-3-13(22-9)11-6-12(19-18-11)14(21)16-7-10-8-20-4-5-23-15(20)17-10/h2-3,6,8H,4-5,7H2,1H3,(H,16,21)(H,18,19). The lowest BCUT2D eigenvalue weighted by molar-refractivity contribution is 0.0945. The molecule has 0 fully saturated rings. The number of carbonyl (C=O) groups is 1. The molecule has 0 bridgehead atoms. The fourth-order valence-electron chi connectivity index (χ4n) is 2.45. The fourth-order valence-corrected chi connectivity index (χ4v) is 3.41. The van der Waals surface area contributed by atoms with E-state index in [-0.39, 0.29) is 5.91 Å². The van der Waals surface area contributed by atoms with Crippen LogP contribution in [-0.4, -0.2) is 31.4 Å². The number of nitrogens with one attached hydrogen (secondary N) is 2. The minimum atomic E-state index is -0.239. The first-order chi connectivity index (χ1) is 11.2. The van der Waals surface area contributed by atoms with Gasteiger partial charge in [0.15, 0.2) is 16.6 Å². The highest BCUT2D eigenvalue weighted by molar-refractivity contribution is 7.99. The number of aryl methyl sites for hydroxylation is 2. The van der Waals surface area contributed by atoms with Gasteiger partial charge >= 0.3 is 0 Å². The number of H-pyrrole nitrogens is 1. The molecule has 0 atom stereocenters. The summed E-state index contributed by atoms with van der Waals surface area (Å²) in [4.78, 5) is 16.7. The van der Waals surface area contributed by atoms with Crippen molar-refractivity contribution in [2.24, 2.45) is 0 Å². The van der Waals surface area contributed by atoms with Gasteiger partial charge in [0.2, 0.25) is 0 Å². The third-order valence-corrected chi connectivity index (χ3v) is 4.57. The van der Waals surface area contributed by atoms with E-state index in [1.165, 1.54) is 0 Å². The van der Waals surface area contributed by atoms with E-state index in [4.69, 9.17) is 4.42 Å². The van der Waals surface area contributed by atoms with Gasteiger partial charge in [-0.05, 0) is 19.1 Å². The molecule has 1 aliphatic heterocycles.